The van der Waals surface area contributed by atoms with Gasteiger partial charge in [0.25, 0.3) is 0 Å². The minimum absolute atomic E-state index is 0.0253. The molecule has 1 saturated heterocycles. The van der Waals surface area contributed by atoms with Gasteiger partial charge in [-0.1, -0.05) is 22.9 Å². The molecule has 1 N–H and O–H groups in total. The fourth-order valence-corrected chi connectivity index (χ4v) is 3.15. The van der Waals surface area contributed by atoms with Crippen molar-refractivity contribution in [1.29, 1.82) is 0 Å². The van der Waals surface area contributed by atoms with Gasteiger partial charge < -0.3 is 10.0 Å². The molecule has 0 amide bonds. The predicted molar refractivity (Wildman–Crippen MR) is 72.0 cm³/mol. The Hall–Kier alpha value is -0.360. The summed E-state index contributed by atoms with van der Waals surface area (Å²) in [5.41, 5.74) is 0. The minimum atomic E-state index is -0.0253. The van der Waals surface area contributed by atoms with Crippen molar-refractivity contribution in [2.45, 2.75) is 26.5 Å². The Morgan fingerprint density at radius 3 is 2.47 bits per heavy atom. The van der Waals surface area contributed by atoms with Crippen LogP contribution >= 0.6 is 22.9 Å². The van der Waals surface area contributed by atoms with E-state index >= 15 is 0 Å². The third-order valence-corrected chi connectivity index (χ3v) is 4.62. The first-order valence-electron chi connectivity index (χ1n) is 5.87. The molecule has 1 aliphatic rings. The Morgan fingerprint density at radius 2 is 2.00 bits per heavy atom. The van der Waals surface area contributed by atoms with Crippen molar-refractivity contribution in [1.82, 2.24) is 9.88 Å². The lowest BCUT2D eigenvalue weighted by atomic mass is 10.2. The van der Waals surface area contributed by atoms with Crippen LogP contribution in [0.3, 0.4) is 0 Å². The first-order valence-corrected chi connectivity index (χ1v) is 7.06. The van der Waals surface area contributed by atoms with Crippen molar-refractivity contribution in [3.63, 3.8) is 0 Å². The molecule has 0 atom stereocenters. The van der Waals surface area contributed by atoms with Crippen LogP contribution in [0.2, 0.25) is 5.15 Å². The number of anilines is 1. The summed E-state index contributed by atoms with van der Waals surface area (Å²) in [7, 11) is 0. The number of hydrogen-bond acceptors (Lipinski definition) is 5. The van der Waals surface area contributed by atoms with Gasteiger partial charge in [0.15, 0.2) is 5.13 Å². The van der Waals surface area contributed by atoms with E-state index < -0.39 is 0 Å². The fraction of sp³-hybridized carbons (Fsp3) is 0.727. The highest BCUT2D eigenvalue weighted by molar-refractivity contribution is 7.16. The number of piperazine rings is 1. The Labute approximate surface area is 111 Å². The largest absolute Gasteiger partial charge is 0.391 e. The highest BCUT2D eigenvalue weighted by Gasteiger charge is 2.21. The molecule has 1 aromatic heterocycles. The summed E-state index contributed by atoms with van der Waals surface area (Å²) in [5, 5.41) is 10.5. The van der Waals surface area contributed by atoms with Gasteiger partial charge in [0.2, 0.25) is 0 Å². The van der Waals surface area contributed by atoms with Gasteiger partial charge in [-0.15, -0.1) is 0 Å². The minimum Gasteiger partial charge on any atom is -0.391 e. The molecular weight excluding hydrogens is 258 g/mol. The van der Waals surface area contributed by atoms with Gasteiger partial charge in [-0.25, -0.2) is 4.98 Å². The molecule has 4 nitrogen and oxygen atoms in total. The van der Waals surface area contributed by atoms with Crippen LogP contribution in [0.4, 0.5) is 5.13 Å². The Bertz CT molecular complexity index is 375. The monoisotopic (exact) mass is 275 g/mol. The lowest BCUT2D eigenvalue weighted by Gasteiger charge is -2.36. The average molecular weight is 276 g/mol. The zero-order valence-electron chi connectivity index (χ0n) is 10.2. The van der Waals surface area contributed by atoms with Gasteiger partial charge in [-0.3, -0.25) is 4.90 Å². The SMILES string of the molecule is CC(C)N1CCN(c2nc(Cl)c(CO)s2)CC1. The third kappa shape index (κ3) is 2.91. The molecule has 1 aromatic rings. The van der Waals surface area contributed by atoms with Gasteiger partial charge in [0, 0.05) is 32.2 Å². The smallest absolute Gasteiger partial charge is 0.187 e. The molecule has 0 unspecified atom stereocenters. The van der Waals surface area contributed by atoms with Crippen molar-refractivity contribution in [2.24, 2.45) is 0 Å². The molecule has 1 fully saturated rings. The topological polar surface area (TPSA) is 39.6 Å². The summed E-state index contributed by atoms with van der Waals surface area (Å²) in [4.78, 5) is 9.77. The van der Waals surface area contributed by atoms with Crippen LogP contribution in [0.15, 0.2) is 0 Å². The second kappa shape index (κ2) is 5.52. The normalized spacial score (nSPS) is 18.1. The van der Waals surface area contributed by atoms with Crippen LogP contribution in [0.1, 0.15) is 18.7 Å². The van der Waals surface area contributed by atoms with Crippen molar-refractivity contribution in [3.05, 3.63) is 10.0 Å². The van der Waals surface area contributed by atoms with E-state index in [1.165, 1.54) is 11.3 Å². The zero-order chi connectivity index (χ0) is 12.4. The quantitative estimate of drug-likeness (QED) is 0.913. The highest BCUT2D eigenvalue weighted by Crippen LogP contribution is 2.30. The summed E-state index contributed by atoms with van der Waals surface area (Å²) in [6.07, 6.45) is 0. The maximum absolute atomic E-state index is 9.10. The lowest BCUT2D eigenvalue weighted by molar-refractivity contribution is 0.209. The zero-order valence-corrected chi connectivity index (χ0v) is 11.8. The molecular formula is C11H18ClN3OS. The lowest BCUT2D eigenvalue weighted by Crippen LogP contribution is -2.48. The van der Waals surface area contributed by atoms with E-state index in [0.717, 1.165) is 36.2 Å². The molecule has 96 valence electrons. The van der Waals surface area contributed by atoms with Gasteiger partial charge in [0.05, 0.1) is 11.5 Å². The Kier molecular flexibility index (Phi) is 4.25. The summed E-state index contributed by atoms with van der Waals surface area (Å²) in [5.74, 6) is 0. The summed E-state index contributed by atoms with van der Waals surface area (Å²) in [6, 6.07) is 0.602. The molecule has 0 spiro atoms. The molecule has 0 bridgehead atoms. The maximum atomic E-state index is 9.10. The van der Waals surface area contributed by atoms with E-state index in [1.54, 1.807) is 0 Å². The van der Waals surface area contributed by atoms with Crippen LogP contribution in [0, 0.1) is 0 Å². The molecule has 0 aliphatic carbocycles. The molecule has 1 aliphatic heterocycles. The molecule has 0 saturated carbocycles. The fourth-order valence-electron chi connectivity index (χ4n) is 1.98. The first kappa shape index (κ1) is 13.1. The number of rotatable bonds is 3. The second-order valence-corrected chi connectivity index (χ2v) is 5.91. The van der Waals surface area contributed by atoms with Crippen molar-refractivity contribution >= 4 is 28.1 Å². The van der Waals surface area contributed by atoms with E-state index in [4.69, 9.17) is 16.7 Å². The van der Waals surface area contributed by atoms with Crippen LogP contribution in [-0.2, 0) is 6.61 Å². The number of hydrogen-bond donors (Lipinski definition) is 1. The molecule has 17 heavy (non-hydrogen) atoms. The van der Waals surface area contributed by atoms with Crippen LogP contribution in [0.5, 0.6) is 0 Å². The molecule has 2 heterocycles. The van der Waals surface area contributed by atoms with Gasteiger partial charge in [-0.05, 0) is 13.8 Å². The van der Waals surface area contributed by atoms with Crippen LogP contribution < -0.4 is 4.90 Å². The first-order chi connectivity index (χ1) is 8.11. The number of aliphatic hydroxyl groups excluding tert-OH is 1. The van der Waals surface area contributed by atoms with E-state index in [9.17, 15) is 0 Å². The number of aromatic nitrogens is 1. The number of halogens is 1. The van der Waals surface area contributed by atoms with Gasteiger partial charge in [-0.2, -0.15) is 0 Å². The van der Waals surface area contributed by atoms with Gasteiger partial charge >= 0.3 is 0 Å². The molecule has 2 rings (SSSR count). The van der Waals surface area contributed by atoms with Gasteiger partial charge in [0.1, 0.15) is 5.15 Å². The summed E-state index contributed by atoms with van der Waals surface area (Å²) >= 11 is 7.44. The summed E-state index contributed by atoms with van der Waals surface area (Å²) in [6.45, 7) is 8.49. The summed E-state index contributed by atoms with van der Waals surface area (Å²) < 4.78 is 0. The van der Waals surface area contributed by atoms with E-state index in [-0.39, 0.29) is 6.61 Å². The van der Waals surface area contributed by atoms with Crippen LogP contribution in [0.25, 0.3) is 0 Å². The third-order valence-electron chi connectivity index (χ3n) is 3.10. The Balaban J connectivity index is 2.00. The number of aliphatic hydroxyl groups is 1. The molecule has 0 radical (unpaired) electrons. The number of thiazole rings is 1. The van der Waals surface area contributed by atoms with E-state index in [1.807, 2.05) is 0 Å². The van der Waals surface area contributed by atoms with Crippen LogP contribution in [-0.4, -0.2) is 47.2 Å². The average Bonchev–Trinajstić information content (AvgIpc) is 2.70. The molecule has 0 aromatic carbocycles. The van der Waals surface area contributed by atoms with E-state index in [0.29, 0.717) is 11.2 Å². The van der Waals surface area contributed by atoms with Crippen molar-refractivity contribution in [3.8, 4) is 0 Å². The Morgan fingerprint density at radius 1 is 1.35 bits per heavy atom. The number of nitrogens with zero attached hydrogens (tertiary/aromatic N) is 3. The highest BCUT2D eigenvalue weighted by atomic mass is 35.5. The maximum Gasteiger partial charge on any atom is 0.187 e. The predicted octanol–water partition coefficient (Wildman–Crippen LogP) is 1.82. The van der Waals surface area contributed by atoms with Crippen molar-refractivity contribution < 1.29 is 5.11 Å². The molecule has 6 heteroatoms. The second-order valence-electron chi connectivity index (χ2n) is 4.49. The van der Waals surface area contributed by atoms with Crippen molar-refractivity contribution in [2.75, 3.05) is 31.1 Å². The standard InChI is InChI=1S/C11H18ClN3OS/c1-8(2)14-3-5-15(6-4-14)11-13-10(12)9(7-16)17-11/h8,16H,3-7H2,1-2H3. The van der Waals surface area contributed by atoms with E-state index in [2.05, 4.69) is 28.6 Å².